The Morgan fingerprint density at radius 2 is 0.797 bits per heavy atom. The number of para-hydroxylation sites is 2. The molecule has 0 radical (unpaired) electrons. The standard InChI is InChI=1S/C56H36N2O/c1-3-16-45(17-4-1)57(48-30-26-37-12-7-9-14-40(37)33-48)47-28-24-39(25-29-47)44-32-42-22-23-43-35-51(50-20-11-21-52-56(50)55(43)54(42)53(36-44)59-52)58(46-18-5-2-6-19-46)49-31-27-38-13-8-10-15-41(38)34-49/h1-36H. The van der Waals surface area contributed by atoms with E-state index in [9.17, 15) is 0 Å². The van der Waals surface area contributed by atoms with Gasteiger partial charge >= 0.3 is 0 Å². The monoisotopic (exact) mass is 752 g/mol. The van der Waals surface area contributed by atoms with Gasteiger partial charge in [0.1, 0.15) is 11.5 Å². The van der Waals surface area contributed by atoms with Gasteiger partial charge in [0, 0.05) is 50.0 Å². The maximum Gasteiger partial charge on any atom is 0.136 e. The first-order chi connectivity index (χ1) is 29.2. The van der Waals surface area contributed by atoms with Gasteiger partial charge in [-0.05, 0) is 128 Å². The van der Waals surface area contributed by atoms with E-state index in [0.717, 1.165) is 78.3 Å². The largest absolute Gasteiger partial charge is 0.456 e. The first kappa shape index (κ1) is 33.3. The van der Waals surface area contributed by atoms with E-state index in [1.54, 1.807) is 0 Å². The summed E-state index contributed by atoms with van der Waals surface area (Å²) in [5.74, 6) is 1.76. The third-order valence-electron chi connectivity index (χ3n) is 11.9. The van der Waals surface area contributed by atoms with E-state index in [1.807, 2.05) is 0 Å². The van der Waals surface area contributed by atoms with Gasteiger partial charge in [-0.1, -0.05) is 133 Å². The molecule has 0 saturated carbocycles. The highest BCUT2D eigenvalue weighted by atomic mass is 16.5. The molecule has 3 heteroatoms. The topological polar surface area (TPSA) is 15.7 Å². The molecule has 1 heterocycles. The summed E-state index contributed by atoms with van der Waals surface area (Å²) in [6.45, 7) is 0. The summed E-state index contributed by atoms with van der Waals surface area (Å²) >= 11 is 0. The highest BCUT2D eigenvalue weighted by Gasteiger charge is 2.25. The predicted molar refractivity (Wildman–Crippen MR) is 249 cm³/mol. The minimum Gasteiger partial charge on any atom is -0.456 e. The van der Waals surface area contributed by atoms with Crippen molar-refractivity contribution in [3.8, 4) is 22.6 Å². The normalized spacial score (nSPS) is 11.9. The van der Waals surface area contributed by atoms with E-state index in [-0.39, 0.29) is 0 Å². The second-order valence-electron chi connectivity index (χ2n) is 15.4. The molecular weight excluding hydrogens is 717 g/mol. The summed E-state index contributed by atoms with van der Waals surface area (Å²) in [7, 11) is 0. The number of nitrogens with zero attached hydrogens (tertiary/aromatic N) is 2. The Morgan fingerprint density at radius 3 is 1.46 bits per heavy atom. The van der Waals surface area contributed by atoms with E-state index < -0.39 is 0 Å². The Hall–Kier alpha value is -7.88. The van der Waals surface area contributed by atoms with E-state index >= 15 is 0 Å². The molecule has 0 unspecified atom stereocenters. The van der Waals surface area contributed by atoms with Crippen molar-refractivity contribution in [3.63, 3.8) is 0 Å². The molecular formula is C56H36N2O. The molecule has 276 valence electrons. The smallest absolute Gasteiger partial charge is 0.136 e. The number of rotatable bonds is 7. The molecule has 1 aliphatic heterocycles. The number of benzene rings is 11. The molecule has 59 heavy (non-hydrogen) atoms. The van der Waals surface area contributed by atoms with Crippen LogP contribution >= 0.6 is 0 Å². The van der Waals surface area contributed by atoms with Crippen molar-refractivity contribution in [1.29, 1.82) is 0 Å². The van der Waals surface area contributed by atoms with E-state index in [2.05, 4.69) is 228 Å². The highest BCUT2D eigenvalue weighted by Crippen LogP contribution is 2.52. The van der Waals surface area contributed by atoms with Crippen LogP contribution in [-0.4, -0.2) is 0 Å². The maximum atomic E-state index is 6.94. The Labute approximate surface area is 342 Å². The van der Waals surface area contributed by atoms with Crippen LogP contribution in [0.25, 0.3) is 65.0 Å². The Bertz CT molecular complexity index is 3410. The lowest BCUT2D eigenvalue weighted by Crippen LogP contribution is -2.11. The average molecular weight is 753 g/mol. The predicted octanol–water partition coefficient (Wildman–Crippen LogP) is 16.2. The zero-order chi connectivity index (χ0) is 38.9. The number of ether oxygens (including phenoxy) is 1. The van der Waals surface area contributed by atoms with Gasteiger partial charge in [0.05, 0.1) is 5.69 Å². The van der Waals surface area contributed by atoms with E-state index in [4.69, 9.17) is 4.74 Å². The number of hydrogen-bond acceptors (Lipinski definition) is 3. The van der Waals surface area contributed by atoms with Crippen LogP contribution in [0.5, 0.6) is 11.5 Å². The van der Waals surface area contributed by atoms with Gasteiger partial charge < -0.3 is 14.5 Å². The number of hydrogen-bond donors (Lipinski definition) is 0. The van der Waals surface area contributed by atoms with Crippen molar-refractivity contribution in [2.75, 3.05) is 9.80 Å². The average Bonchev–Trinajstić information content (AvgIpc) is 3.30. The first-order valence-electron chi connectivity index (χ1n) is 20.2. The molecule has 11 aromatic rings. The molecule has 3 nitrogen and oxygen atoms in total. The highest BCUT2D eigenvalue weighted by molar-refractivity contribution is 6.28. The third kappa shape index (κ3) is 5.51. The second-order valence-corrected chi connectivity index (χ2v) is 15.4. The molecule has 12 rings (SSSR count). The molecule has 0 spiro atoms. The van der Waals surface area contributed by atoms with Crippen LogP contribution in [0.4, 0.5) is 34.1 Å². The third-order valence-corrected chi connectivity index (χ3v) is 11.9. The van der Waals surface area contributed by atoms with Crippen molar-refractivity contribution < 1.29 is 4.74 Å². The van der Waals surface area contributed by atoms with Crippen molar-refractivity contribution in [2.24, 2.45) is 0 Å². The van der Waals surface area contributed by atoms with Gasteiger partial charge in [0.15, 0.2) is 0 Å². The quantitative estimate of drug-likeness (QED) is 0.151. The first-order valence-corrected chi connectivity index (χ1v) is 20.2. The van der Waals surface area contributed by atoms with Gasteiger partial charge in [0.2, 0.25) is 0 Å². The number of anilines is 6. The van der Waals surface area contributed by atoms with Crippen molar-refractivity contribution in [2.45, 2.75) is 0 Å². The van der Waals surface area contributed by atoms with Crippen LogP contribution in [0.15, 0.2) is 218 Å². The second kappa shape index (κ2) is 13.4. The fourth-order valence-corrected chi connectivity index (χ4v) is 9.16. The zero-order valence-electron chi connectivity index (χ0n) is 32.1. The summed E-state index contributed by atoms with van der Waals surface area (Å²) in [6.07, 6.45) is 0. The Kier molecular flexibility index (Phi) is 7.54. The fourth-order valence-electron chi connectivity index (χ4n) is 9.16. The van der Waals surface area contributed by atoms with Gasteiger partial charge in [-0.15, -0.1) is 0 Å². The van der Waals surface area contributed by atoms with Crippen LogP contribution in [0.1, 0.15) is 0 Å². The van der Waals surface area contributed by atoms with Gasteiger partial charge in [0.25, 0.3) is 0 Å². The van der Waals surface area contributed by atoms with Crippen molar-refractivity contribution >= 4 is 88.0 Å². The van der Waals surface area contributed by atoms with Crippen LogP contribution in [0, 0.1) is 0 Å². The fraction of sp³-hybridized carbons (Fsp3) is 0. The Morgan fingerprint density at radius 1 is 0.271 bits per heavy atom. The molecule has 11 aromatic carbocycles. The van der Waals surface area contributed by atoms with Crippen LogP contribution in [0.3, 0.4) is 0 Å². The number of fused-ring (bicyclic) bond motifs is 2. The molecule has 0 amide bonds. The lowest BCUT2D eigenvalue weighted by molar-refractivity contribution is 0.493. The summed E-state index contributed by atoms with van der Waals surface area (Å²) in [4.78, 5) is 4.71. The van der Waals surface area contributed by atoms with Gasteiger partial charge in [-0.2, -0.15) is 0 Å². The maximum absolute atomic E-state index is 6.94. The molecule has 0 atom stereocenters. The lowest BCUT2D eigenvalue weighted by Gasteiger charge is -2.29. The van der Waals surface area contributed by atoms with Gasteiger partial charge in [-0.3, -0.25) is 0 Å². The molecule has 1 aliphatic rings. The Balaban J connectivity index is 0.981. The molecule has 0 fully saturated rings. The van der Waals surface area contributed by atoms with Crippen LogP contribution in [0.2, 0.25) is 0 Å². The van der Waals surface area contributed by atoms with Crippen molar-refractivity contribution in [3.05, 3.63) is 218 Å². The molecule has 0 bridgehead atoms. The summed E-state index contributed by atoms with van der Waals surface area (Å²) in [6, 6.07) is 78.6. The zero-order valence-corrected chi connectivity index (χ0v) is 32.1. The molecule has 0 N–H and O–H groups in total. The summed E-state index contributed by atoms with van der Waals surface area (Å²) in [5, 5.41) is 11.9. The molecule has 0 aliphatic carbocycles. The van der Waals surface area contributed by atoms with Crippen LogP contribution in [-0.2, 0) is 0 Å². The molecule has 0 saturated heterocycles. The minimum absolute atomic E-state index is 0.877. The van der Waals surface area contributed by atoms with Crippen molar-refractivity contribution in [1.82, 2.24) is 0 Å². The van der Waals surface area contributed by atoms with Gasteiger partial charge in [-0.25, -0.2) is 0 Å². The summed E-state index contributed by atoms with van der Waals surface area (Å²) < 4.78 is 6.94. The summed E-state index contributed by atoms with van der Waals surface area (Å²) in [5.41, 5.74) is 8.92. The molecule has 0 aromatic heterocycles. The SMILES string of the molecule is c1ccc(N(c2ccc(-c3cc4c5c(ccc6cc(N(c7ccccc7)c7ccc8ccccc8c7)c7cccc(c7c65)O4)c3)cc2)c2ccc3ccccc3c2)cc1. The van der Waals surface area contributed by atoms with E-state index in [0.29, 0.717) is 0 Å². The lowest BCUT2D eigenvalue weighted by atomic mass is 9.90. The van der Waals surface area contributed by atoms with E-state index in [1.165, 1.54) is 32.3 Å². The minimum atomic E-state index is 0.877. The van der Waals surface area contributed by atoms with Crippen LogP contribution < -0.4 is 14.5 Å².